The fraction of sp³-hybridized carbons (Fsp3) is 0.0741. The van der Waals surface area contributed by atoms with Crippen LogP contribution in [0.2, 0.25) is 0 Å². The number of aromatic nitrogens is 1. The van der Waals surface area contributed by atoms with Crippen molar-refractivity contribution in [3.8, 4) is 5.69 Å². The third-order valence-electron chi connectivity index (χ3n) is 5.77. The molecular formula is C27H20N2S. The van der Waals surface area contributed by atoms with Crippen molar-refractivity contribution in [1.29, 1.82) is 0 Å². The van der Waals surface area contributed by atoms with Gasteiger partial charge in [0.25, 0.3) is 0 Å². The Hall–Kier alpha value is -3.43. The molecule has 0 spiro atoms. The van der Waals surface area contributed by atoms with E-state index in [0.29, 0.717) is 0 Å². The first kappa shape index (κ1) is 17.4. The summed E-state index contributed by atoms with van der Waals surface area (Å²) in [6.07, 6.45) is 0. The Labute approximate surface area is 178 Å². The van der Waals surface area contributed by atoms with Crippen LogP contribution in [0.1, 0.15) is 6.92 Å². The molecule has 0 unspecified atom stereocenters. The number of fused-ring (bicyclic) bond motifs is 7. The molecule has 0 aliphatic rings. The summed E-state index contributed by atoms with van der Waals surface area (Å²) < 4.78 is 3.67. The van der Waals surface area contributed by atoms with E-state index in [9.17, 15) is 0 Å². The highest BCUT2D eigenvalue weighted by Gasteiger charge is 2.17. The SMILES string of the molecule is CCN=c1sc2c3ccccc3c3ccccc3c2n1-c1cccc2ccccc12. The number of hydrogen-bond donors (Lipinski definition) is 0. The minimum atomic E-state index is 0.757. The predicted molar refractivity (Wildman–Crippen MR) is 130 cm³/mol. The molecule has 0 atom stereocenters. The summed E-state index contributed by atoms with van der Waals surface area (Å²) >= 11 is 1.79. The van der Waals surface area contributed by atoms with Crippen molar-refractivity contribution in [2.45, 2.75) is 6.92 Å². The van der Waals surface area contributed by atoms with Crippen molar-refractivity contribution in [1.82, 2.24) is 4.57 Å². The van der Waals surface area contributed by atoms with Gasteiger partial charge in [0.2, 0.25) is 0 Å². The van der Waals surface area contributed by atoms with Crippen molar-refractivity contribution < 1.29 is 0 Å². The smallest absolute Gasteiger partial charge is 0.190 e. The molecular weight excluding hydrogens is 384 g/mol. The van der Waals surface area contributed by atoms with Gasteiger partial charge in [-0.3, -0.25) is 9.56 Å². The van der Waals surface area contributed by atoms with Crippen LogP contribution in [-0.4, -0.2) is 11.1 Å². The zero-order valence-electron chi connectivity index (χ0n) is 16.7. The Kier molecular flexibility index (Phi) is 3.96. The lowest BCUT2D eigenvalue weighted by Gasteiger charge is -2.12. The Bertz CT molecular complexity index is 1630. The molecule has 0 N–H and O–H groups in total. The first-order valence-corrected chi connectivity index (χ1v) is 11.1. The van der Waals surface area contributed by atoms with Gasteiger partial charge in [-0.25, -0.2) is 0 Å². The molecule has 6 aromatic rings. The molecule has 3 heteroatoms. The fourth-order valence-electron chi connectivity index (χ4n) is 4.51. The molecule has 0 aliphatic carbocycles. The highest BCUT2D eigenvalue weighted by Crippen LogP contribution is 2.38. The first-order chi connectivity index (χ1) is 14.9. The normalized spacial score (nSPS) is 12.5. The number of hydrogen-bond acceptors (Lipinski definition) is 2. The Morgan fingerprint density at radius 2 is 1.27 bits per heavy atom. The molecule has 0 saturated carbocycles. The molecule has 0 fully saturated rings. The third-order valence-corrected chi connectivity index (χ3v) is 6.88. The highest BCUT2D eigenvalue weighted by molar-refractivity contribution is 7.17. The maximum Gasteiger partial charge on any atom is 0.190 e. The van der Waals surface area contributed by atoms with Gasteiger partial charge >= 0.3 is 0 Å². The second-order valence-corrected chi connectivity index (χ2v) is 8.44. The fourth-order valence-corrected chi connectivity index (χ4v) is 5.76. The van der Waals surface area contributed by atoms with Gasteiger partial charge in [-0.15, -0.1) is 0 Å². The van der Waals surface area contributed by atoms with Gasteiger partial charge in [0.05, 0.1) is 15.9 Å². The summed E-state index contributed by atoms with van der Waals surface area (Å²) in [6.45, 7) is 2.86. The Morgan fingerprint density at radius 1 is 0.667 bits per heavy atom. The van der Waals surface area contributed by atoms with Crippen LogP contribution in [0, 0.1) is 0 Å². The van der Waals surface area contributed by atoms with E-state index in [-0.39, 0.29) is 0 Å². The molecule has 5 aromatic carbocycles. The third kappa shape index (κ3) is 2.45. The van der Waals surface area contributed by atoms with Crippen molar-refractivity contribution >= 4 is 53.9 Å². The van der Waals surface area contributed by atoms with Gasteiger partial charge in [0.15, 0.2) is 4.80 Å². The molecule has 1 aromatic heterocycles. The molecule has 0 amide bonds. The second kappa shape index (κ2) is 6.82. The Morgan fingerprint density at radius 3 is 2.03 bits per heavy atom. The second-order valence-electron chi connectivity index (χ2n) is 7.46. The molecule has 0 aliphatic heterocycles. The lowest BCUT2D eigenvalue weighted by atomic mass is 10.0. The summed E-state index contributed by atoms with van der Waals surface area (Å²) in [5, 5.41) is 7.64. The van der Waals surface area contributed by atoms with E-state index in [1.54, 1.807) is 11.3 Å². The number of rotatable bonds is 2. The minimum absolute atomic E-state index is 0.757. The predicted octanol–water partition coefficient (Wildman–Crippen LogP) is 7.07. The quantitative estimate of drug-likeness (QED) is 0.275. The van der Waals surface area contributed by atoms with Crippen LogP contribution in [0.25, 0.3) is 48.2 Å². The molecule has 30 heavy (non-hydrogen) atoms. The molecule has 1 heterocycles. The van der Waals surface area contributed by atoms with Gasteiger partial charge in [-0.2, -0.15) is 0 Å². The van der Waals surface area contributed by atoms with Crippen LogP contribution < -0.4 is 4.80 Å². The average molecular weight is 405 g/mol. The minimum Gasteiger partial charge on any atom is -0.284 e. The van der Waals surface area contributed by atoms with Gasteiger partial charge in [0.1, 0.15) is 0 Å². The van der Waals surface area contributed by atoms with Crippen LogP contribution in [0.4, 0.5) is 0 Å². The summed E-state index contributed by atoms with van der Waals surface area (Å²) in [4.78, 5) is 5.97. The maximum absolute atomic E-state index is 4.92. The maximum atomic E-state index is 4.92. The van der Waals surface area contributed by atoms with E-state index in [1.165, 1.54) is 48.2 Å². The van der Waals surface area contributed by atoms with Crippen molar-refractivity contribution in [3.05, 3.63) is 95.8 Å². The zero-order valence-corrected chi connectivity index (χ0v) is 17.5. The van der Waals surface area contributed by atoms with Crippen LogP contribution in [0.3, 0.4) is 0 Å². The lowest BCUT2D eigenvalue weighted by Crippen LogP contribution is -2.13. The molecule has 6 rings (SSSR count). The van der Waals surface area contributed by atoms with Crippen LogP contribution >= 0.6 is 11.3 Å². The van der Waals surface area contributed by atoms with Crippen LogP contribution in [0.5, 0.6) is 0 Å². The van der Waals surface area contributed by atoms with Gasteiger partial charge in [-0.1, -0.05) is 96.3 Å². The van der Waals surface area contributed by atoms with E-state index in [4.69, 9.17) is 4.99 Å². The van der Waals surface area contributed by atoms with Crippen molar-refractivity contribution in [2.75, 3.05) is 6.54 Å². The molecule has 144 valence electrons. The number of benzene rings is 5. The zero-order chi connectivity index (χ0) is 20.1. The van der Waals surface area contributed by atoms with E-state index in [2.05, 4.69) is 102 Å². The number of thiazole rings is 1. The standard InChI is InChI=1S/C27H20N2S/c1-2-28-27-29(24-17-9-11-18-10-3-4-12-19(18)24)25-22-15-7-5-13-20(22)21-14-6-8-16-23(21)26(25)30-27/h3-17H,2H2,1H3. The first-order valence-electron chi connectivity index (χ1n) is 10.3. The average Bonchev–Trinajstić information content (AvgIpc) is 3.18. The molecule has 0 bridgehead atoms. The summed E-state index contributed by atoms with van der Waals surface area (Å²) in [5.41, 5.74) is 2.44. The Balaban J connectivity index is 1.92. The summed E-state index contributed by atoms with van der Waals surface area (Å²) in [7, 11) is 0. The van der Waals surface area contributed by atoms with Gasteiger partial charge in [0, 0.05) is 22.7 Å². The topological polar surface area (TPSA) is 17.3 Å². The summed E-state index contributed by atoms with van der Waals surface area (Å²) in [5.74, 6) is 0. The highest BCUT2D eigenvalue weighted by atomic mass is 32.1. The van der Waals surface area contributed by atoms with Crippen molar-refractivity contribution in [3.63, 3.8) is 0 Å². The summed E-state index contributed by atoms with van der Waals surface area (Å²) in [6, 6.07) is 32.6. The molecule has 0 radical (unpaired) electrons. The van der Waals surface area contributed by atoms with Gasteiger partial charge < -0.3 is 0 Å². The van der Waals surface area contributed by atoms with Gasteiger partial charge in [-0.05, 0) is 29.1 Å². The van der Waals surface area contributed by atoms with Crippen LogP contribution in [-0.2, 0) is 0 Å². The monoisotopic (exact) mass is 404 g/mol. The number of nitrogens with zero attached hydrogens (tertiary/aromatic N) is 2. The largest absolute Gasteiger partial charge is 0.284 e. The van der Waals surface area contributed by atoms with E-state index in [1.807, 2.05) is 0 Å². The lowest BCUT2D eigenvalue weighted by molar-refractivity contribution is 0.978. The van der Waals surface area contributed by atoms with Crippen LogP contribution in [0.15, 0.2) is 96.0 Å². The van der Waals surface area contributed by atoms with E-state index >= 15 is 0 Å². The van der Waals surface area contributed by atoms with Crippen molar-refractivity contribution in [2.24, 2.45) is 4.99 Å². The molecule has 0 saturated heterocycles. The molecule has 2 nitrogen and oxygen atoms in total. The van der Waals surface area contributed by atoms with E-state index < -0.39 is 0 Å². The van der Waals surface area contributed by atoms with E-state index in [0.717, 1.165) is 11.3 Å².